The highest BCUT2D eigenvalue weighted by molar-refractivity contribution is 5.89. The van der Waals surface area contributed by atoms with Crippen molar-refractivity contribution in [3.05, 3.63) is 30.1 Å². The summed E-state index contributed by atoms with van der Waals surface area (Å²) in [4.78, 5) is 26.5. The molecule has 1 aromatic heterocycles. The number of hydrogen-bond acceptors (Lipinski definition) is 4. The first-order valence-corrected chi connectivity index (χ1v) is 5.91. The number of rotatable bonds is 6. The van der Waals surface area contributed by atoms with Crippen molar-refractivity contribution in [1.29, 1.82) is 0 Å². The molecule has 1 N–H and O–H groups in total. The van der Waals surface area contributed by atoms with Gasteiger partial charge >= 0.3 is 11.9 Å². The summed E-state index contributed by atoms with van der Waals surface area (Å²) in [5.41, 5.74) is 0.319. The zero-order chi connectivity index (χ0) is 14.5. The predicted octanol–water partition coefficient (Wildman–Crippen LogP) is 0.788. The second-order valence-electron chi connectivity index (χ2n) is 5.34. The Hall–Kier alpha value is -1.95. The van der Waals surface area contributed by atoms with Crippen LogP contribution in [0.3, 0.4) is 0 Å². The van der Waals surface area contributed by atoms with Gasteiger partial charge in [0.2, 0.25) is 0 Å². The molecule has 1 aromatic rings. The molecule has 1 atom stereocenters. The lowest BCUT2D eigenvalue weighted by Crippen LogP contribution is -2.43. The minimum absolute atomic E-state index is 0.207. The number of esters is 1. The zero-order valence-electron chi connectivity index (χ0n) is 11.4. The third kappa shape index (κ3) is 5.96. The van der Waals surface area contributed by atoms with Gasteiger partial charge in [0.25, 0.3) is 0 Å². The van der Waals surface area contributed by atoms with Gasteiger partial charge in [0.1, 0.15) is 6.54 Å². The van der Waals surface area contributed by atoms with Crippen LogP contribution in [0.25, 0.3) is 0 Å². The molecule has 0 saturated heterocycles. The number of aromatic nitrogens is 1. The van der Waals surface area contributed by atoms with Crippen LogP contribution >= 0.6 is 0 Å². The van der Waals surface area contributed by atoms with E-state index in [1.165, 1.54) is 6.20 Å². The number of quaternary nitrogens is 1. The van der Waals surface area contributed by atoms with Gasteiger partial charge in [-0.1, -0.05) is 0 Å². The zero-order valence-corrected chi connectivity index (χ0v) is 11.4. The number of carbonyl (C=O) groups excluding carboxylic acids is 1. The summed E-state index contributed by atoms with van der Waals surface area (Å²) in [5.74, 6) is -1.54. The van der Waals surface area contributed by atoms with Crippen molar-refractivity contribution in [3.8, 4) is 0 Å². The molecular weight excluding hydrogens is 248 g/mol. The van der Waals surface area contributed by atoms with Crippen molar-refractivity contribution in [2.24, 2.45) is 0 Å². The van der Waals surface area contributed by atoms with E-state index in [2.05, 4.69) is 4.98 Å². The number of pyridine rings is 1. The van der Waals surface area contributed by atoms with E-state index < -0.39 is 18.0 Å². The molecule has 19 heavy (non-hydrogen) atoms. The summed E-state index contributed by atoms with van der Waals surface area (Å²) in [6.07, 6.45) is 2.08. The van der Waals surface area contributed by atoms with Crippen LogP contribution in [0.2, 0.25) is 0 Å². The topological polar surface area (TPSA) is 76.5 Å². The van der Waals surface area contributed by atoms with Gasteiger partial charge in [0.05, 0.1) is 33.1 Å². The summed E-state index contributed by atoms with van der Waals surface area (Å²) in [7, 11) is 5.73. The minimum Gasteiger partial charge on any atom is -0.481 e. The highest BCUT2D eigenvalue weighted by Crippen LogP contribution is 2.09. The van der Waals surface area contributed by atoms with Crippen LogP contribution in [0, 0.1) is 0 Å². The molecule has 0 aliphatic rings. The lowest BCUT2D eigenvalue weighted by Gasteiger charge is -2.28. The van der Waals surface area contributed by atoms with Crippen LogP contribution in [0.4, 0.5) is 0 Å². The fourth-order valence-corrected chi connectivity index (χ4v) is 1.65. The smallest absolute Gasteiger partial charge is 0.340 e. The second-order valence-corrected chi connectivity index (χ2v) is 5.34. The number of aliphatic carboxylic acids is 1. The molecule has 0 aliphatic heterocycles. The molecule has 0 amide bonds. The Morgan fingerprint density at radius 1 is 1.42 bits per heavy atom. The summed E-state index contributed by atoms with van der Waals surface area (Å²) in [6, 6.07) is 3.21. The summed E-state index contributed by atoms with van der Waals surface area (Å²) in [6.45, 7) is 0.429. The number of carboxylic acid groups (broad SMARTS) is 1. The maximum absolute atomic E-state index is 11.9. The first-order chi connectivity index (χ1) is 8.78. The van der Waals surface area contributed by atoms with Gasteiger partial charge in [-0.25, -0.2) is 4.79 Å². The van der Waals surface area contributed by atoms with E-state index in [1.54, 1.807) is 18.3 Å². The number of nitrogens with zero attached hydrogens (tertiary/aromatic N) is 2. The van der Waals surface area contributed by atoms with Gasteiger partial charge in [-0.3, -0.25) is 9.78 Å². The van der Waals surface area contributed by atoms with E-state index >= 15 is 0 Å². The fraction of sp³-hybridized carbons (Fsp3) is 0.462. The number of carbonyl (C=O) groups is 2. The highest BCUT2D eigenvalue weighted by Gasteiger charge is 2.25. The standard InChI is InChI=1S/C13H18N2O4/c1-15(2,3)9-11(7-12(16)17)19-13(18)10-5-4-6-14-8-10/h4-6,8,11H,7,9H2,1-3H3/p+1. The van der Waals surface area contributed by atoms with Crippen LogP contribution in [0.1, 0.15) is 16.8 Å². The Morgan fingerprint density at radius 3 is 2.58 bits per heavy atom. The molecular formula is C13H19N2O4+. The van der Waals surface area contributed by atoms with Gasteiger partial charge in [-0.15, -0.1) is 0 Å². The van der Waals surface area contributed by atoms with Gasteiger partial charge in [0.15, 0.2) is 6.10 Å². The lowest BCUT2D eigenvalue weighted by atomic mass is 10.2. The summed E-state index contributed by atoms with van der Waals surface area (Å²) in [5, 5.41) is 8.85. The van der Waals surface area contributed by atoms with E-state index in [-0.39, 0.29) is 6.42 Å². The van der Waals surface area contributed by atoms with Crippen molar-refractivity contribution in [3.63, 3.8) is 0 Å². The molecule has 1 unspecified atom stereocenters. The van der Waals surface area contributed by atoms with Crippen molar-refractivity contribution in [2.45, 2.75) is 12.5 Å². The van der Waals surface area contributed by atoms with Crippen molar-refractivity contribution in [1.82, 2.24) is 4.98 Å². The molecule has 0 radical (unpaired) electrons. The maximum atomic E-state index is 11.9. The summed E-state index contributed by atoms with van der Waals surface area (Å²) >= 11 is 0. The van der Waals surface area contributed by atoms with Gasteiger partial charge in [0, 0.05) is 12.4 Å². The molecule has 6 heteroatoms. The Bertz CT molecular complexity index is 440. The number of ether oxygens (including phenoxy) is 1. The Kier molecular flexibility index (Phi) is 5.00. The maximum Gasteiger partial charge on any atom is 0.340 e. The first-order valence-electron chi connectivity index (χ1n) is 5.91. The average Bonchev–Trinajstić information content (AvgIpc) is 2.26. The molecule has 6 nitrogen and oxygen atoms in total. The SMILES string of the molecule is C[N+](C)(C)CC(CC(=O)O)OC(=O)c1cccnc1. The normalized spacial score (nSPS) is 12.8. The van der Waals surface area contributed by atoms with Gasteiger partial charge in [-0.2, -0.15) is 0 Å². The lowest BCUT2D eigenvalue weighted by molar-refractivity contribution is -0.873. The quantitative estimate of drug-likeness (QED) is 0.609. The number of carboxylic acids is 1. The molecule has 0 aromatic carbocycles. The van der Waals surface area contributed by atoms with Crippen molar-refractivity contribution >= 4 is 11.9 Å². The average molecular weight is 267 g/mol. The van der Waals surface area contributed by atoms with Crippen molar-refractivity contribution < 1.29 is 23.9 Å². The first kappa shape index (κ1) is 15.1. The molecule has 0 spiro atoms. The molecule has 1 rings (SSSR count). The minimum atomic E-state index is -0.988. The van der Waals surface area contributed by atoms with Crippen LogP contribution in [-0.2, 0) is 9.53 Å². The summed E-state index contributed by atoms with van der Waals surface area (Å²) < 4.78 is 5.76. The molecule has 1 heterocycles. The van der Waals surface area contributed by atoms with Gasteiger partial charge in [-0.05, 0) is 12.1 Å². The molecule has 0 bridgehead atoms. The van der Waals surface area contributed by atoms with E-state index in [1.807, 2.05) is 21.1 Å². The molecule has 0 aliphatic carbocycles. The van der Waals surface area contributed by atoms with E-state index in [9.17, 15) is 9.59 Å². The van der Waals surface area contributed by atoms with Crippen LogP contribution < -0.4 is 0 Å². The van der Waals surface area contributed by atoms with E-state index in [4.69, 9.17) is 9.84 Å². The Morgan fingerprint density at radius 2 is 2.11 bits per heavy atom. The largest absolute Gasteiger partial charge is 0.481 e. The third-order valence-electron chi connectivity index (χ3n) is 2.32. The Balaban J connectivity index is 2.72. The van der Waals surface area contributed by atoms with Crippen LogP contribution in [-0.4, -0.2) is 60.3 Å². The van der Waals surface area contributed by atoms with Gasteiger partial charge < -0.3 is 14.3 Å². The second kappa shape index (κ2) is 6.29. The monoisotopic (exact) mass is 267 g/mol. The molecule has 0 saturated carbocycles. The molecule has 0 fully saturated rings. The molecule has 104 valence electrons. The van der Waals surface area contributed by atoms with E-state index in [0.29, 0.717) is 16.6 Å². The van der Waals surface area contributed by atoms with Crippen molar-refractivity contribution in [2.75, 3.05) is 27.7 Å². The Labute approximate surface area is 112 Å². The third-order valence-corrected chi connectivity index (χ3v) is 2.32. The van der Waals surface area contributed by atoms with E-state index in [0.717, 1.165) is 0 Å². The van der Waals surface area contributed by atoms with Crippen LogP contribution in [0.5, 0.6) is 0 Å². The number of likely N-dealkylation sites (N-methyl/N-ethyl adjacent to an activating group) is 1. The predicted molar refractivity (Wildman–Crippen MR) is 68.6 cm³/mol. The van der Waals surface area contributed by atoms with Crippen LogP contribution in [0.15, 0.2) is 24.5 Å². The fourth-order valence-electron chi connectivity index (χ4n) is 1.65. The highest BCUT2D eigenvalue weighted by atomic mass is 16.5. The number of hydrogen-bond donors (Lipinski definition) is 1.